The van der Waals surface area contributed by atoms with Crippen LogP contribution in [0.15, 0.2) is 5.38 Å². The third-order valence-electron chi connectivity index (χ3n) is 3.81. The lowest BCUT2D eigenvalue weighted by Crippen LogP contribution is -2.40. The van der Waals surface area contributed by atoms with Gasteiger partial charge in [0.2, 0.25) is 0 Å². The third kappa shape index (κ3) is 4.27. The van der Waals surface area contributed by atoms with Crippen LogP contribution in [0.1, 0.15) is 60.9 Å². The lowest BCUT2D eigenvalue weighted by molar-refractivity contribution is -0.137. The van der Waals surface area contributed by atoms with Gasteiger partial charge in [-0.2, -0.15) is 0 Å². The second-order valence-electron chi connectivity index (χ2n) is 5.92. The highest BCUT2D eigenvalue weighted by atomic mass is 32.1. The molecular formula is C15H22N2O3S. The Morgan fingerprint density at radius 1 is 1.52 bits per heavy atom. The maximum atomic E-state index is 12.5. The van der Waals surface area contributed by atoms with Gasteiger partial charge in [0, 0.05) is 30.8 Å². The number of thiazole rings is 1. The zero-order valence-corrected chi connectivity index (χ0v) is 13.4. The van der Waals surface area contributed by atoms with Gasteiger partial charge in [0.05, 0.1) is 5.01 Å². The number of carboxylic acid groups (broad SMARTS) is 1. The van der Waals surface area contributed by atoms with E-state index in [1.807, 2.05) is 10.3 Å². The summed E-state index contributed by atoms with van der Waals surface area (Å²) in [4.78, 5) is 29.4. The van der Waals surface area contributed by atoms with Gasteiger partial charge in [-0.1, -0.05) is 13.8 Å². The summed E-state index contributed by atoms with van der Waals surface area (Å²) in [6, 6.07) is 0. The molecule has 0 saturated carbocycles. The maximum absolute atomic E-state index is 12.5. The molecule has 1 aliphatic heterocycles. The Hall–Kier alpha value is -1.43. The number of carbonyl (C=O) groups is 2. The van der Waals surface area contributed by atoms with Gasteiger partial charge in [-0.05, 0) is 25.2 Å². The Balaban J connectivity index is 1.96. The first-order valence-corrected chi connectivity index (χ1v) is 8.31. The highest BCUT2D eigenvalue weighted by Gasteiger charge is 2.26. The molecule has 0 aliphatic carbocycles. The van der Waals surface area contributed by atoms with Crippen LogP contribution in [-0.2, 0) is 4.79 Å². The number of aromatic nitrogens is 1. The van der Waals surface area contributed by atoms with Gasteiger partial charge in [-0.15, -0.1) is 11.3 Å². The standard InChI is InChI=1S/C15H22N2O3S/c1-10(2)14-16-12(9-21-14)15(20)17-7-3-4-11(8-17)5-6-13(18)19/h9-11H,3-8H2,1-2H3,(H,18,19)/t11-/m0/s1. The Labute approximate surface area is 129 Å². The SMILES string of the molecule is CC(C)c1nc(C(=O)N2CCC[C@@H](CCC(=O)O)C2)cs1. The van der Waals surface area contributed by atoms with E-state index in [9.17, 15) is 9.59 Å². The molecule has 0 bridgehead atoms. The Morgan fingerprint density at radius 3 is 2.90 bits per heavy atom. The Morgan fingerprint density at radius 2 is 2.29 bits per heavy atom. The molecule has 2 heterocycles. The third-order valence-corrected chi connectivity index (χ3v) is 4.95. The summed E-state index contributed by atoms with van der Waals surface area (Å²) < 4.78 is 0. The molecule has 0 spiro atoms. The number of carbonyl (C=O) groups excluding carboxylic acids is 1. The van der Waals surface area contributed by atoms with Crippen molar-refractivity contribution in [1.82, 2.24) is 9.88 Å². The molecular weight excluding hydrogens is 288 g/mol. The van der Waals surface area contributed by atoms with E-state index in [4.69, 9.17) is 5.11 Å². The van der Waals surface area contributed by atoms with Gasteiger partial charge >= 0.3 is 5.97 Å². The molecule has 1 N–H and O–H groups in total. The van der Waals surface area contributed by atoms with Crippen molar-refractivity contribution in [3.8, 4) is 0 Å². The minimum Gasteiger partial charge on any atom is -0.481 e. The average Bonchev–Trinajstić information content (AvgIpc) is 2.94. The van der Waals surface area contributed by atoms with Crippen LogP contribution in [-0.4, -0.2) is 40.0 Å². The van der Waals surface area contributed by atoms with Crippen LogP contribution in [0.25, 0.3) is 0 Å². The van der Waals surface area contributed by atoms with Crippen LogP contribution in [0, 0.1) is 5.92 Å². The summed E-state index contributed by atoms with van der Waals surface area (Å²) in [6.45, 7) is 5.53. The molecule has 1 aromatic rings. The molecule has 1 amide bonds. The summed E-state index contributed by atoms with van der Waals surface area (Å²) in [5.41, 5.74) is 0.530. The van der Waals surface area contributed by atoms with Crippen molar-refractivity contribution in [3.63, 3.8) is 0 Å². The van der Waals surface area contributed by atoms with Crippen molar-refractivity contribution < 1.29 is 14.7 Å². The molecule has 1 atom stereocenters. The number of rotatable bonds is 5. The Bertz CT molecular complexity index is 513. The first-order valence-electron chi connectivity index (χ1n) is 7.44. The van der Waals surface area contributed by atoms with Gasteiger partial charge in [0.1, 0.15) is 5.69 Å². The first kappa shape index (κ1) is 15.9. The molecule has 1 aliphatic rings. The number of hydrogen-bond donors (Lipinski definition) is 1. The molecule has 6 heteroatoms. The molecule has 1 saturated heterocycles. The van der Waals surface area contributed by atoms with Gasteiger partial charge in [-0.25, -0.2) is 4.98 Å². The minimum atomic E-state index is -0.764. The Kier molecular flexibility index (Phi) is 5.33. The molecule has 0 unspecified atom stereocenters. The maximum Gasteiger partial charge on any atom is 0.303 e. The van der Waals surface area contributed by atoms with E-state index in [0.717, 1.165) is 24.4 Å². The van der Waals surface area contributed by atoms with Crippen molar-refractivity contribution in [1.29, 1.82) is 0 Å². The lowest BCUT2D eigenvalue weighted by atomic mass is 9.93. The number of piperidine rings is 1. The zero-order chi connectivity index (χ0) is 15.4. The molecule has 5 nitrogen and oxygen atoms in total. The monoisotopic (exact) mass is 310 g/mol. The predicted octanol–water partition coefficient (Wildman–Crippen LogP) is 2.98. The van der Waals surface area contributed by atoms with E-state index in [2.05, 4.69) is 18.8 Å². The summed E-state index contributed by atoms with van der Waals surface area (Å²) in [5.74, 6) is -0.152. The van der Waals surface area contributed by atoms with Gasteiger partial charge in [-0.3, -0.25) is 9.59 Å². The summed E-state index contributed by atoms with van der Waals surface area (Å²) in [7, 11) is 0. The van der Waals surface area contributed by atoms with E-state index >= 15 is 0 Å². The molecule has 0 radical (unpaired) electrons. The van der Waals surface area contributed by atoms with Crippen molar-refractivity contribution in [2.45, 2.75) is 45.4 Å². The lowest BCUT2D eigenvalue weighted by Gasteiger charge is -2.32. The average molecular weight is 310 g/mol. The largest absolute Gasteiger partial charge is 0.481 e. The minimum absolute atomic E-state index is 0.0156. The number of likely N-dealkylation sites (tertiary alicyclic amines) is 1. The fourth-order valence-electron chi connectivity index (χ4n) is 2.63. The van der Waals surface area contributed by atoms with Crippen LogP contribution in [0.5, 0.6) is 0 Å². The fourth-order valence-corrected chi connectivity index (χ4v) is 3.43. The van der Waals surface area contributed by atoms with Crippen molar-refractivity contribution in [2.75, 3.05) is 13.1 Å². The molecule has 116 valence electrons. The normalized spacial score (nSPS) is 19.0. The summed E-state index contributed by atoms with van der Waals surface area (Å²) >= 11 is 1.53. The van der Waals surface area contributed by atoms with Gasteiger partial charge in [0.15, 0.2) is 0 Å². The molecule has 2 rings (SSSR count). The fraction of sp³-hybridized carbons (Fsp3) is 0.667. The van der Waals surface area contributed by atoms with E-state index in [0.29, 0.717) is 30.5 Å². The summed E-state index contributed by atoms with van der Waals surface area (Å²) in [6.07, 6.45) is 2.77. The topological polar surface area (TPSA) is 70.5 Å². The van der Waals surface area contributed by atoms with Crippen LogP contribution in [0.4, 0.5) is 0 Å². The number of carboxylic acids is 1. The molecule has 1 fully saturated rings. The van der Waals surface area contributed by atoms with E-state index in [1.165, 1.54) is 11.3 Å². The summed E-state index contributed by atoms with van der Waals surface area (Å²) in [5, 5.41) is 11.6. The van der Waals surface area contributed by atoms with Crippen molar-refractivity contribution in [3.05, 3.63) is 16.1 Å². The smallest absolute Gasteiger partial charge is 0.303 e. The van der Waals surface area contributed by atoms with Crippen LogP contribution in [0.2, 0.25) is 0 Å². The van der Waals surface area contributed by atoms with Crippen LogP contribution < -0.4 is 0 Å². The first-order chi connectivity index (χ1) is 9.97. The van der Waals surface area contributed by atoms with Crippen LogP contribution >= 0.6 is 11.3 Å². The zero-order valence-electron chi connectivity index (χ0n) is 12.5. The van der Waals surface area contributed by atoms with E-state index in [1.54, 1.807) is 0 Å². The second kappa shape index (κ2) is 7.02. The van der Waals surface area contributed by atoms with Crippen molar-refractivity contribution in [2.24, 2.45) is 5.92 Å². The second-order valence-corrected chi connectivity index (χ2v) is 6.81. The predicted molar refractivity (Wildman–Crippen MR) is 81.7 cm³/mol. The molecule has 1 aromatic heterocycles. The number of hydrogen-bond acceptors (Lipinski definition) is 4. The highest BCUT2D eigenvalue weighted by molar-refractivity contribution is 7.09. The molecule has 0 aromatic carbocycles. The van der Waals surface area contributed by atoms with Crippen molar-refractivity contribution >= 4 is 23.2 Å². The number of nitrogens with zero attached hydrogens (tertiary/aromatic N) is 2. The number of aliphatic carboxylic acids is 1. The highest BCUT2D eigenvalue weighted by Crippen LogP contribution is 2.24. The quantitative estimate of drug-likeness (QED) is 0.907. The van der Waals surface area contributed by atoms with E-state index in [-0.39, 0.29) is 12.3 Å². The van der Waals surface area contributed by atoms with Gasteiger partial charge < -0.3 is 10.0 Å². The number of amides is 1. The van der Waals surface area contributed by atoms with Crippen LogP contribution in [0.3, 0.4) is 0 Å². The van der Waals surface area contributed by atoms with E-state index < -0.39 is 5.97 Å². The van der Waals surface area contributed by atoms with Gasteiger partial charge in [0.25, 0.3) is 5.91 Å². The molecule has 21 heavy (non-hydrogen) atoms.